The van der Waals surface area contributed by atoms with Gasteiger partial charge in [0.1, 0.15) is 6.61 Å². The lowest BCUT2D eigenvalue weighted by Gasteiger charge is -2.19. The highest BCUT2D eigenvalue weighted by Crippen LogP contribution is 2.43. The summed E-state index contributed by atoms with van der Waals surface area (Å²) in [6.45, 7) is 3.52. The number of allylic oxidation sites excluding steroid dienone is 24. The van der Waals surface area contributed by atoms with Crippen molar-refractivity contribution in [3.63, 3.8) is 0 Å². The molecule has 0 rings (SSSR count). The summed E-state index contributed by atoms with van der Waals surface area (Å²) in [5, 5.41) is 0. The Morgan fingerprint density at radius 1 is 0.345 bits per heavy atom. The number of hydrogen-bond donors (Lipinski definition) is 2. The van der Waals surface area contributed by atoms with Gasteiger partial charge in [-0.3, -0.25) is 18.6 Å². The third kappa shape index (κ3) is 70.8. The smallest absolute Gasteiger partial charge is 0.462 e. The third-order valence-electron chi connectivity index (χ3n) is 14.7. The number of unbranched alkanes of at least 4 members (excludes halogenated alkanes) is 28. The Kier molecular flexibility index (Phi) is 67.6. The van der Waals surface area contributed by atoms with Crippen LogP contribution in [0, 0.1) is 0 Å². The highest BCUT2D eigenvalue weighted by molar-refractivity contribution is 7.47. The van der Waals surface area contributed by atoms with E-state index in [9.17, 15) is 19.0 Å². The Morgan fingerprint density at radius 2 is 0.598 bits per heavy atom. The number of hydrogen-bond acceptors (Lipinski definition) is 8. The Morgan fingerprint density at radius 3 is 0.885 bits per heavy atom. The average molecular weight is 1230 g/mol. The standard InChI is InChI=1S/C77H130NO8P/c1-3-5-7-9-11-13-15-17-19-21-23-25-27-29-31-33-35-37-39-41-43-45-47-49-51-53-55-57-59-61-63-65-67-69-76(79)83-73-75(74-85-87(81,82)84-72-71-78)86-77(80)70-68-66-64-62-60-58-56-54-52-50-48-46-44-42-40-38-36-34-32-30-28-26-24-22-20-18-16-14-12-10-8-6-4-2/h5-8,11-14,17-20,23-26,30,32,36,38,42,44,48,50,75H,3-4,9-10,15-16,21-22,27-29,31,33-35,37,39-41,43,45-47,49,51-74,78H2,1-2H3,(H,81,82)/b7-5-,8-6-,13-11-,14-12-,19-17-,20-18-,25-23-,26-24-,32-30-,38-36-,44-42-,50-48-. The van der Waals surface area contributed by atoms with Gasteiger partial charge in [0.2, 0.25) is 0 Å². The van der Waals surface area contributed by atoms with Gasteiger partial charge in [-0.1, -0.05) is 314 Å². The summed E-state index contributed by atoms with van der Waals surface area (Å²) in [6.07, 6.45) is 102. The van der Waals surface area contributed by atoms with E-state index in [0.717, 1.165) is 122 Å². The van der Waals surface area contributed by atoms with Crippen molar-refractivity contribution in [2.75, 3.05) is 26.4 Å². The first-order valence-corrected chi connectivity index (χ1v) is 36.8. The molecule has 0 radical (unpaired) electrons. The summed E-state index contributed by atoms with van der Waals surface area (Å²) in [5.41, 5.74) is 5.40. The van der Waals surface area contributed by atoms with Gasteiger partial charge in [-0.25, -0.2) is 4.57 Å². The van der Waals surface area contributed by atoms with E-state index in [1.807, 2.05) is 0 Å². The third-order valence-corrected chi connectivity index (χ3v) is 15.7. The maximum atomic E-state index is 12.8. The van der Waals surface area contributed by atoms with Crippen LogP contribution in [0.1, 0.15) is 296 Å². The van der Waals surface area contributed by atoms with Crippen LogP contribution in [0.15, 0.2) is 146 Å². The molecule has 0 aliphatic heterocycles. The van der Waals surface area contributed by atoms with Crippen LogP contribution in [0.2, 0.25) is 0 Å². The van der Waals surface area contributed by atoms with Gasteiger partial charge in [-0.15, -0.1) is 0 Å². The van der Waals surface area contributed by atoms with Crippen molar-refractivity contribution >= 4 is 19.8 Å². The molecule has 0 aliphatic rings. The van der Waals surface area contributed by atoms with Crippen molar-refractivity contribution in [1.29, 1.82) is 0 Å². The van der Waals surface area contributed by atoms with E-state index in [2.05, 4.69) is 160 Å². The van der Waals surface area contributed by atoms with Crippen LogP contribution in [0.3, 0.4) is 0 Å². The maximum absolute atomic E-state index is 12.8. The normalized spacial score (nSPS) is 13.8. The second kappa shape index (κ2) is 71.0. The number of phosphoric acid groups is 1. The average Bonchev–Trinajstić information content (AvgIpc) is 3.64. The van der Waals surface area contributed by atoms with Crippen molar-refractivity contribution in [3.05, 3.63) is 146 Å². The van der Waals surface area contributed by atoms with Crippen LogP contribution in [-0.2, 0) is 32.7 Å². The molecule has 0 saturated heterocycles. The highest BCUT2D eigenvalue weighted by atomic mass is 31.2. The minimum atomic E-state index is -4.40. The molecule has 0 aromatic heterocycles. The van der Waals surface area contributed by atoms with Crippen molar-refractivity contribution in [2.24, 2.45) is 5.73 Å². The molecule has 0 saturated carbocycles. The van der Waals surface area contributed by atoms with Crippen LogP contribution in [-0.4, -0.2) is 49.3 Å². The second-order valence-electron chi connectivity index (χ2n) is 23.0. The molecule has 9 nitrogen and oxygen atoms in total. The first kappa shape index (κ1) is 82.9. The number of nitrogens with two attached hydrogens (primary N) is 1. The van der Waals surface area contributed by atoms with E-state index >= 15 is 0 Å². The van der Waals surface area contributed by atoms with E-state index in [1.165, 1.54) is 141 Å². The molecule has 0 amide bonds. The van der Waals surface area contributed by atoms with Crippen molar-refractivity contribution in [3.8, 4) is 0 Å². The monoisotopic (exact) mass is 1230 g/mol. The lowest BCUT2D eigenvalue weighted by molar-refractivity contribution is -0.161. The zero-order valence-electron chi connectivity index (χ0n) is 55.7. The molecule has 3 N–H and O–H groups in total. The van der Waals surface area contributed by atoms with Gasteiger partial charge in [0.05, 0.1) is 13.2 Å². The maximum Gasteiger partial charge on any atom is 0.472 e. The molecule has 0 aromatic carbocycles. The molecule has 10 heteroatoms. The Labute approximate surface area is 535 Å². The first-order valence-electron chi connectivity index (χ1n) is 35.3. The Bertz CT molecular complexity index is 1940. The molecule has 2 atom stereocenters. The molecule has 87 heavy (non-hydrogen) atoms. The summed E-state index contributed by atoms with van der Waals surface area (Å²) in [7, 11) is -4.40. The van der Waals surface area contributed by atoms with Gasteiger partial charge in [-0.05, 0) is 116 Å². The predicted octanol–water partition coefficient (Wildman–Crippen LogP) is 23.4. The molecule has 0 spiro atoms. The van der Waals surface area contributed by atoms with Crippen molar-refractivity contribution in [2.45, 2.75) is 302 Å². The SMILES string of the molecule is CC/C=C\C/C=C\C/C=C\C/C=C\C/C=C\C/C=C\C/C=C\C/C=C\CCCCCCCCCCC(=O)OC(COC(=O)CCCCCCCCCCCCCCCCCCCCCC/C=C\C/C=C\C/C=C\C/C=C\CC)COP(=O)(O)OCCN. The molecule has 496 valence electrons. The van der Waals surface area contributed by atoms with Gasteiger partial charge in [-0.2, -0.15) is 0 Å². The predicted molar refractivity (Wildman–Crippen MR) is 376 cm³/mol. The van der Waals surface area contributed by atoms with Crippen LogP contribution < -0.4 is 5.73 Å². The Hall–Kier alpha value is -4.11. The second-order valence-corrected chi connectivity index (χ2v) is 24.4. The topological polar surface area (TPSA) is 134 Å². The van der Waals surface area contributed by atoms with E-state index in [1.54, 1.807) is 0 Å². The fourth-order valence-corrected chi connectivity index (χ4v) is 10.4. The minimum Gasteiger partial charge on any atom is -0.462 e. The summed E-state index contributed by atoms with van der Waals surface area (Å²) >= 11 is 0. The number of carbonyl (C=O) groups excluding carboxylic acids is 2. The number of carbonyl (C=O) groups is 2. The van der Waals surface area contributed by atoms with E-state index in [4.69, 9.17) is 24.3 Å². The zero-order valence-corrected chi connectivity index (χ0v) is 56.6. The van der Waals surface area contributed by atoms with E-state index in [0.29, 0.717) is 6.42 Å². The van der Waals surface area contributed by atoms with Gasteiger partial charge in [0, 0.05) is 19.4 Å². The van der Waals surface area contributed by atoms with Gasteiger partial charge >= 0.3 is 19.8 Å². The minimum absolute atomic E-state index is 0.0463. The first-order chi connectivity index (χ1) is 42.8. The molecule has 0 bridgehead atoms. The van der Waals surface area contributed by atoms with Crippen LogP contribution in [0.25, 0.3) is 0 Å². The zero-order chi connectivity index (χ0) is 63.0. The quantitative estimate of drug-likeness (QED) is 0.0264. The van der Waals surface area contributed by atoms with Crippen LogP contribution in [0.4, 0.5) is 0 Å². The fraction of sp³-hybridized carbons (Fsp3) is 0.662. The number of ether oxygens (including phenoxy) is 2. The lowest BCUT2D eigenvalue weighted by Crippen LogP contribution is -2.29. The van der Waals surface area contributed by atoms with E-state index < -0.39 is 26.5 Å². The molecule has 0 fully saturated rings. The number of rotatable bonds is 65. The van der Waals surface area contributed by atoms with Crippen molar-refractivity contribution < 1.29 is 37.6 Å². The van der Waals surface area contributed by atoms with Crippen molar-refractivity contribution in [1.82, 2.24) is 0 Å². The highest BCUT2D eigenvalue weighted by Gasteiger charge is 2.26. The van der Waals surface area contributed by atoms with Crippen LogP contribution >= 0.6 is 7.82 Å². The van der Waals surface area contributed by atoms with Crippen LogP contribution in [0.5, 0.6) is 0 Å². The molecule has 0 heterocycles. The Balaban J connectivity index is 3.92. The fourth-order valence-electron chi connectivity index (χ4n) is 9.59. The molecule has 0 aliphatic carbocycles. The summed E-state index contributed by atoms with van der Waals surface area (Å²) < 4.78 is 33.2. The summed E-state index contributed by atoms with van der Waals surface area (Å²) in [6, 6.07) is 0. The summed E-state index contributed by atoms with van der Waals surface area (Å²) in [4.78, 5) is 35.4. The molecular formula is C77H130NO8P. The summed E-state index contributed by atoms with van der Waals surface area (Å²) in [5.74, 6) is -0.836. The van der Waals surface area contributed by atoms with Gasteiger partial charge in [0.25, 0.3) is 0 Å². The van der Waals surface area contributed by atoms with Gasteiger partial charge < -0.3 is 20.1 Å². The number of esters is 2. The number of phosphoric ester groups is 1. The molecular weight excluding hydrogens is 1100 g/mol. The molecule has 2 unspecified atom stereocenters. The van der Waals surface area contributed by atoms with Gasteiger partial charge in [0.15, 0.2) is 6.10 Å². The van der Waals surface area contributed by atoms with E-state index in [-0.39, 0.29) is 38.6 Å². The lowest BCUT2D eigenvalue weighted by atomic mass is 10.0. The largest absolute Gasteiger partial charge is 0.472 e. The molecule has 0 aromatic rings.